The lowest BCUT2D eigenvalue weighted by atomic mass is 9.98. The van der Waals surface area contributed by atoms with E-state index in [1.165, 1.54) is 19.3 Å². The molecule has 0 bridgehead atoms. The van der Waals surface area contributed by atoms with Crippen LogP contribution in [-0.4, -0.2) is 69.4 Å². The SMILES string of the molecule is Cc1nc(CC(=O)N2CCO[C@@H](CN3CCCCC3)[C@@H]2c2cnn(C)c2)cs1. The van der Waals surface area contributed by atoms with Crippen LogP contribution < -0.4 is 0 Å². The van der Waals surface area contributed by atoms with Crippen LogP contribution >= 0.6 is 11.3 Å². The smallest absolute Gasteiger partial charge is 0.229 e. The quantitative estimate of drug-likeness (QED) is 0.766. The number of likely N-dealkylation sites (tertiary alicyclic amines) is 1. The molecule has 2 aliphatic heterocycles. The topological polar surface area (TPSA) is 63.5 Å². The average molecular weight is 404 g/mol. The van der Waals surface area contributed by atoms with Gasteiger partial charge in [-0.3, -0.25) is 9.48 Å². The van der Waals surface area contributed by atoms with Crippen molar-refractivity contribution in [3.05, 3.63) is 34.0 Å². The van der Waals surface area contributed by atoms with Crippen LogP contribution in [0.15, 0.2) is 17.8 Å². The van der Waals surface area contributed by atoms with Gasteiger partial charge in [-0.1, -0.05) is 6.42 Å². The van der Waals surface area contributed by atoms with E-state index in [0.29, 0.717) is 19.6 Å². The Morgan fingerprint density at radius 1 is 1.29 bits per heavy atom. The summed E-state index contributed by atoms with van der Waals surface area (Å²) in [6, 6.07) is -0.100. The third-order valence-electron chi connectivity index (χ3n) is 5.62. The van der Waals surface area contributed by atoms with Crippen LogP contribution in [0.25, 0.3) is 0 Å². The van der Waals surface area contributed by atoms with Crippen molar-refractivity contribution in [3.63, 3.8) is 0 Å². The van der Waals surface area contributed by atoms with Gasteiger partial charge in [-0.2, -0.15) is 5.10 Å². The Balaban J connectivity index is 1.55. The molecule has 0 N–H and O–H groups in total. The molecule has 0 aliphatic carbocycles. The summed E-state index contributed by atoms with van der Waals surface area (Å²) in [5.41, 5.74) is 1.91. The first kappa shape index (κ1) is 19.5. The molecule has 2 saturated heterocycles. The molecule has 2 atom stereocenters. The lowest BCUT2D eigenvalue weighted by molar-refractivity contribution is -0.148. The van der Waals surface area contributed by atoms with E-state index in [9.17, 15) is 4.79 Å². The monoisotopic (exact) mass is 403 g/mol. The summed E-state index contributed by atoms with van der Waals surface area (Å²) >= 11 is 1.59. The molecule has 2 fully saturated rings. The van der Waals surface area contributed by atoms with Gasteiger partial charge in [0, 0.05) is 37.3 Å². The predicted octanol–water partition coefficient (Wildman–Crippen LogP) is 2.18. The molecule has 2 aliphatic rings. The van der Waals surface area contributed by atoms with E-state index in [1.807, 2.05) is 36.6 Å². The minimum atomic E-state index is -0.100. The Labute approximate surface area is 170 Å². The molecule has 2 aromatic heterocycles. The molecule has 28 heavy (non-hydrogen) atoms. The number of nitrogens with zero attached hydrogens (tertiary/aromatic N) is 5. The molecule has 7 nitrogen and oxygen atoms in total. The molecule has 4 rings (SSSR count). The van der Waals surface area contributed by atoms with Crippen molar-refractivity contribution in [1.82, 2.24) is 24.6 Å². The van der Waals surface area contributed by atoms with E-state index >= 15 is 0 Å². The molecule has 2 aromatic rings. The summed E-state index contributed by atoms with van der Waals surface area (Å²) in [6.45, 7) is 6.26. The predicted molar refractivity (Wildman–Crippen MR) is 108 cm³/mol. The second-order valence-electron chi connectivity index (χ2n) is 7.78. The van der Waals surface area contributed by atoms with Crippen LogP contribution in [0.1, 0.15) is 41.6 Å². The van der Waals surface area contributed by atoms with Gasteiger partial charge < -0.3 is 14.5 Å². The summed E-state index contributed by atoms with van der Waals surface area (Å²) in [4.78, 5) is 22.1. The second-order valence-corrected chi connectivity index (χ2v) is 8.85. The van der Waals surface area contributed by atoms with Crippen LogP contribution in [-0.2, 0) is 23.0 Å². The molecule has 4 heterocycles. The van der Waals surface area contributed by atoms with Crippen molar-refractivity contribution in [2.75, 3.05) is 32.8 Å². The zero-order chi connectivity index (χ0) is 19.5. The number of morpholine rings is 1. The number of ether oxygens (including phenoxy) is 1. The fourth-order valence-corrected chi connectivity index (χ4v) is 4.91. The van der Waals surface area contributed by atoms with Gasteiger partial charge in [0.25, 0.3) is 0 Å². The van der Waals surface area contributed by atoms with Crippen molar-refractivity contribution < 1.29 is 9.53 Å². The minimum Gasteiger partial charge on any atom is -0.373 e. The lowest BCUT2D eigenvalue weighted by Gasteiger charge is -2.43. The van der Waals surface area contributed by atoms with E-state index in [2.05, 4.69) is 15.0 Å². The molecule has 0 spiro atoms. The van der Waals surface area contributed by atoms with Crippen molar-refractivity contribution >= 4 is 17.2 Å². The maximum absolute atomic E-state index is 13.2. The Bertz CT molecular complexity index is 798. The largest absolute Gasteiger partial charge is 0.373 e. The van der Waals surface area contributed by atoms with Crippen LogP contribution in [0.3, 0.4) is 0 Å². The number of piperidine rings is 1. The summed E-state index contributed by atoms with van der Waals surface area (Å²) < 4.78 is 8.01. The first-order valence-electron chi connectivity index (χ1n) is 10.1. The highest BCUT2D eigenvalue weighted by molar-refractivity contribution is 7.09. The van der Waals surface area contributed by atoms with Crippen molar-refractivity contribution in [1.29, 1.82) is 0 Å². The number of amides is 1. The van der Waals surface area contributed by atoms with Crippen molar-refractivity contribution in [3.8, 4) is 0 Å². The summed E-state index contributed by atoms with van der Waals surface area (Å²) in [5.74, 6) is 0.117. The summed E-state index contributed by atoms with van der Waals surface area (Å²) in [7, 11) is 1.91. The molecule has 1 amide bonds. The number of aryl methyl sites for hydroxylation is 2. The Kier molecular flexibility index (Phi) is 6.08. The van der Waals surface area contributed by atoms with Gasteiger partial charge in [0.2, 0.25) is 5.91 Å². The maximum atomic E-state index is 13.2. The van der Waals surface area contributed by atoms with E-state index < -0.39 is 0 Å². The number of rotatable bonds is 5. The minimum absolute atomic E-state index is 0.0304. The maximum Gasteiger partial charge on any atom is 0.229 e. The second kappa shape index (κ2) is 8.71. The Morgan fingerprint density at radius 2 is 2.11 bits per heavy atom. The molecule has 0 unspecified atom stereocenters. The molecule has 0 aromatic carbocycles. The van der Waals surface area contributed by atoms with E-state index in [4.69, 9.17) is 4.74 Å². The molecular weight excluding hydrogens is 374 g/mol. The van der Waals surface area contributed by atoms with E-state index in [-0.39, 0.29) is 18.1 Å². The van der Waals surface area contributed by atoms with Gasteiger partial charge in [0.1, 0.15) is 0 Å². The van der Waals surface area contributed by atoms with Gasteiger partial charge >= 0.3 is 0 Å². The van der Waals surface area contributed by atoms with Gasteiger partial charge in [-0.05, 0) is 32.9 Å². The third kappa shape index (κ3) is 4.45. The summed E-state index contributed by atoms with van der Waals surface area (Å²) in [5, 5.41) is 7.33. The van der Waals surface area contributed by atoms with Gasteiger partial charge in [0.05, 0.1) is 42.1 Å². The first-order valence-corrected chi connectivity index (χ1v) is 11.0. The van der Waals surface area contributed by atoms with Crippen molar-refractivity contribution in [2.24, 2.45) is 7.05 Å². The molecule has 0 radical (unpaired) electrons. The van der Waals surface area contributed by atoms with Crippen molar-refractivity contribution in [2.45, 2.75) is 44.8 Å². The number of hydrogen-bond donors (Lipinski definition) is 0. The fraction of sp³-hybridized carbons (Fsp3) is 0.650. The molecule has 0 saturated carbocycles. The number of thiazole rings is 1. The summed E-state index contributed by atoms with van der Waals surface area (Å²) in [6.07, 6.45) is 8.00. The normalized spacial score (nSPS) is 23.9. The highest BCUT2D eigenvalue weighted by atomic mass is 32.1. The van der Waals surface area contributed by atoms with Crippen LogP contribution in [0.4, 0.5) is 0 Å². The zero-order valence-corrected chi connectivity index (χ0v) is 17.5. The third-order valence-corrected chi connectivity index (χ3v) is 6.45. The van der Waals surface area contributed by atoms with Crippen LogP contribution in [0, 0.1) is 6.92 Å². The highest BCUT2D eigenvalue weighted by Crippen LogP contribution is 2.31. The molecule has 8 heteroatoms. The van der Waals surface area contributed by atoms with E-state index in [0.717, 1.165) is 35.9 Å². The van der Waals surface area contributed by atoms with Crippen LogP contribution in [0.2, 0.25) is 0 Å². The van der Waals surface area contributed by atoms with Gasteiger partial charge in [-0.25, -0.2) is 4.98 Å². The fourth-order valence-electron chi connectivity index (χ4n) is 4.30. The standard InChI is InChI=1S/C20H29N5O2S/c1-15-22-17(14-28-15)10-19(26)25-8-9-27-18(13-24-6-4-3-5-7-24)20(25)16-11-21-23(2)12-16/h11-12,14,18,20H,3-10,13H2,1-2H3/t18-,20-/m0/s1. The molecular formula is C20H29N5O2S. The highest BCUT2D eigenvalue weighted by Gasteiger charge is 2.38. The van der Waals surface area contributed by atoms with E-state index in [1.54, 1.807) is 16.0 Å². The number of carbonyl (C=O) groups is 1. The zero-order valence-electron chi connectivity index (χ0n) is 16.7. The van der Waals surface area contributed by atoms with Crippen LogP contribution in [0.5, 0.6) is 0 Å². The lowest BCUT2D eigenvalue weighted by Crippen LogP contribution is -2.52. The number of hydrogen-bond acceptors (Lipinski definition) is 6. The number of aromatic nitrogens is 3. The Hall–Kier alpha value is -1.77. The first-order chi connectivity index (χ1) is 13.6. The average Bonchev–Trinajstić information content (AvgIpc) is 3.30. The Morgan fingerprint density at radius 3 is 2.79 bits per heavy atom. The number of carbonyl (C=O) groups excluding carboxylic acids is 1. The molecule has 152 valence electrons. The van der Waals surface area contributed by atoms with Gasteiger partial charge in [0.15, 0.2) is 0 Å². The van der Waals surface area contributed by atoms with Gasteiger partial charge in [-0.15, -0.1) is 11.3 Å².